The van der Waals surface area contributed by atoms with Gasteiger partial charge in [-0.2, -0.15) is 0 Å². The molecule has 0 bridgehead atoms. The number of ether oxygens (including phenoxy) is 3. The first-order valence-corrected chi connectivity index (χ1v) is 5.99. The van der Waals surface area contributed by atoms with Crippen molar-refractivity contribution in [3.05, 3.63) is 23.8 Å². The molecule has 1 aromatic carbocycles. The number of methoxy groups -OCH3 is 1. The van der Waals surface area contributed by atoms with Crippen molar-refractivity contribution in [3.63, 3.8) is 0 Å². The Labute approximate surface area is 106 Å². The minimum atomic E-state index is -0.383. The number of carbonyl (C=O) groups is 1. The summed E-state index contributed by atoms with van der Waals surface area (Å²) in [5, 5.41) is 2.63. The molecule has 1 aliphatic rings. The van der Waals surface area contributed by atoms with E-state index in [4.69, 9.17) is 14.2 Å². The quantitative estimate of drug-likeness (QED) is 0.872. The van der Waals surface area contributed by atoms with Crippen LogP contribution in [-0.2, 0) is 4.74 Å². The minimum Gasteiger partial charge on any atom is -0.493 e. The van der Waals surface area contributed by atoms with Crippen LogP contribution in [0.25, 0.3) is 0 Å². The maximum atomic E-state index is 11.0. The van der Waals surface area contributed by atoms with Crippen molar-refractivity contribution in [2.75, 3.05) is 20.3 Å². The maximum Gasteiger partial charge on any atom is 0.407 e. The molecular weight excluding hydrogens is 234 g/mol. The van der Waals surface area contributed by atoms with Gasteiger partial charge in [0.25, 0.3) is 0 Å². The highest BCUT2D eigenvalue weighted by atomic mass is 16.6. The van der Waals surface area contributed by atoms with Crippen LogP contribution in [-0.4, -0.2) is 26.4 Å². The van der Waals surface area contributed by atoms with Gasteiger partial charge >= 0.3 is 6.09 Å². The SMILES string of the molecule is CCCOc1cc(C2CNC(=O)O2)ccc1OC. The molecule has 1 heterocycles. The van der Waals surface area contributed by atoms with Gasteiger partial charge < -0.3 is 19.5 Å². The van der Waals surface area contributed by atoms with Gasteiger partial charge in [0.05, 0.1) is 20.3 Å². The molecule has 98 valence electrons. The molecule has 1 fully saturated rings. The van der Waals surface area contributed by atoms with Crippen molar-refractivity contribution in [2.24, 2.45) is 0 Å². The topological polar surface area (TPSA) is 56.8 Å². The monoisotopic (exact) mass is 251 g/mol. The van der Waals surface area contributed by atoms with Gasteiger partial charge in [-0.15, -0.1) is 0 Å². The number of nitrogens with one attached hydrogen (secondary N) is 1. The Morgan fingerprint density at radius 2 is 2.28 bits per heavy atom. The Morgan fingerprint density at radius 3 is 2.89 bits per heavy atom. The second-order valence-corrected chi connectivity index (χ2v) is 4.03. The van der Waals surface area contributed by atoms with Gasteiger partial charge in [0.1, 0.15) is 6.10 Å². The third-order valence-electron chi connectivity index (χ3n) is 2.70. The Hall–Kier alpha value is -1.91. The fourth-order valence-electron chi connectivity index (χ4n) is 1.79. The largest absolute Gasteiger partial charge is 0.493 e. The molecule has 0 aliphatic carbocycles. The van der Waals surface area contributed by atoms with Crippen molar-refractivity contribution in [3.8, 4) is 11.5 Å². The highest BCUT2D eigenvalue weighted by Crippen LogP contribution is 2.32. The smallest absolute Gasteiger partial charge is 0.407 e. The number of benzene rings is 1. The van der Waals surface area contributed by atoms with E-state index in [1.54, 1.807) is 7.11 Å². The van der Waals surface area contributed by atoms with Crippen molar-refractivity contribution in [2.45, 2.75) is 19.4 Å². The molecule has 1 unspecified atom stereocenters. The van der Waals surface area contributed by atoms with E-state index in [2.05, 4.69) is 5.32 Å². The van der Waals surface area contributed by atoms with Crippen LogP contribution in [0.1, 0.15) is 25.0 Å². The molecule has 1 saturated heterocycles. The summed E-state index contributed by atoms with van der Waals surface area (Å²) >= 11 is 0. The van der Waals surface area contributed by atoms with E-state index >= 15 is 0 Å². The first-order chi connectivity index (χ1) is 8.74. The molecule has 18 heavy (non-hydrogen) atoms. The minimum absolute atomic E-state index is 0.257. The summed E-state index contributed by atoms with van der Waals surface area (Å²) in [5.74, 6) is 1.37. The van der Waals surface area contributed by atoms with Gasteiger partial charge in [0, 0.05) is 0 Å². The number of alkyl carbamates (subject to hydrolysis) is 1. The van der Waals surface area contributed by atoms with E-state index in [1.807, 2.05) is 25.1 Å². The van der Waals surface area contributed by atoms with Crippen LogP contribution in [0.5, 0.6) is 11.5 Å². The Kier molecular flexibility index (Phi) is 3.92. The average Bonchev–Trinajstić information content (AvgIpc) is 2.82. The van der Waals surface area contributed by atoms with Crippen LogP contribution in [0.3, 0.4) is 0 Å². The lowest BCUT2D eigenvalue weighted by Gasteiger charge is -2.14. The molecule has 0 aromatic heterocycles. The van der Waals surface area contributed by atoms with E-state index in [9.17, 15) is 4.79 Å². The molecule has 0 saturated carbocycles. The molecule has 1 N–H and O–H groups in total. The van der Waals surface area contributed by atoms with Crippen molar-refractivity contribution in [1.82, 2.24) is 5.32 Å². The summed E-state index contributed by atoms with van der Waals surface area (Å²) in [6, 6.07) is 5.56. The standard InChI is InChI=1S/C13H17NO4/c1-3-6-17-11-7-9(4-5-10(11)16-2)12-8-14-13(15)18-12/h4-5,7,12H,3,6,8H2,1-2H3,(H,14,15). The van der Waals surface area contributed by atoms with Crippen molar-refractivity contribution >= 4 is 6.09 Å². The lowest BCUT2D eigenvalue weighted by molar-refractivity contribution is 0.141. The van der Waals surface area contributed by atoms with Gasteiger partial charge in [-0.3, -0.25) is 0 Å². The lowest BCUT2D eigenvalue weighted by atomic mass is 10.1. The summed E-state index contributed by atoms with van der Waals surface area (Å²) in [6.07, 6.45) is 0.284. The van der Waals surface area contributed by atoms with E-state index in [1.165, 1.54) is 0 Å². The van der Waals surface area contributed by atoms with Crippen molar-refractivity contribution < 1.29 is 19.0 Å². The van der Waals surface area contributed by atoms with E-state index in [0.717, 1.165) is 12.0 Å². The molecule has 0 radical (unpaired) electrons. The van der Waals surface area contributed by atoms with Gasteiger partial charge in [-0.05, 0) is 24.1 Å². The van der Waals surface area contributed by atoms with Crippen LogP contribution in [0.2, 0.25) is 0 Å². The van der Waals surface area contributed by atoms with Crippen LogP contribution in [0, 0.1) is 0 Å². The van der Waals surface area contributed by atoms with E-state index in [-0.39, 0.29) is 12.2 Å². The number of hydrogen-bond acceptors (Lipinski definition) is 4. The molecular formula is C13H17NO4. The van der Waals surface area contributed by atoms with Gasteiger partial charge in [0.15, 0.2) is 11.5 Å². The van der Waals surface area contributed by atoms with Crippen molar-refractivity contribution in [1.29, 1.82) is 0 Å². The van der Waals surface area contributed by atoms with Gasteiger partial charge in [-0.25, -0.2) is 4.79 Å². The molecule has 1 atom stereocenters. The molecule has 2 rings (SSSR count). The Morgan fingerprint density at radius 1 is 1.44 bits per heavy atom. The van der Waals surface area contributed by atoms with Crippen LogP contribution < -0.4 is 14.8 Å². The zero-order valence-electron chi connectivity index (χ0n) is 10.6. The predicted octanol–water partition coefficient (Wildman–Crippen LogP) is 2.26. The fourth-order valence-corrected chi connectivity index (χ4v) is 1.79. The van der Waals surface area contributed by atoms with Gasteiger partial charge in [0.2, 0.25) is 0 Å². The average molecular weight is 251 g/mol. The number of hydrogen-bond donors (Lipinski definition) is 1. The summed E-state index contributed by atoms with van der Waals surface area (Å²) in [6.45, 7) is 3.15. The molecule has 5 heteroatoms. The number of cyclic esters (lactones) is 1. The zero-order chi connectivity index (χ0) is 13.0. The summed E-state index contributed by atoms with van der Waals surface area (Å²) in [5.41, 5.74) is 0.903. The predicted molar refractivity (Wildman–Crippen MR) is 66.0 cm³/mol. The molecule has 1 aromatic rings. The molecule has 0 spiro atoms. The molecule has 5 nitrogen and oxygen atoms in total. The molecule has 1 amide bonds. The van der Waals surface area contributed by atoms with Crippen LogP contribution in [0.15, 0.2) is 18.2 Å². The second kappa shape index (κ2) is 5.62. The summed E-state index contributed by atoms with van der Waals surface area (Å²) in [4.78, 5) is 11.0. The normalized spacial score (nSPS) is 18.1. The first-order valence-electron chi connectivity index (χ1n) is 5.99. The van der Waals surface area contributed by atoms with E-state index < -0.39 is 0 Å². The zero-order valence-corrected chi connectivity index (χ0v) is 10.6. The first kappa shape index (κ1) is 12.5. The highest BCUT2D eigenvalue weighted by molar-refractivity contribution is 5.69. The number of amides is 1. The lowest BCUT2D eigenvalue weighted by Crippen LogP contribution is -2.12. The fraction of sp³-hybridized carbons (Fsp3) is 0.462. The van der Waals surface area contributed by atoms with Crippen LogP contribution >= 0.6 is 0 Å². The maximum absolute atomic E-state index is 11.0. The Bertz CT molecular complexity index is 433. The number of carbonyl (C=O) groups excluding carboxylic acids is 1. The molecule has 1 aliphatic heterocycles. The summed E-state index contributed by atoms with van der Waals surface area (Å²) in [7, 11) is 1.60. The Balaban J connectivity index is 2.19. The summed E-state index contributed by atoms with van der Waals surface area (Å²) < 4.78 is 16.0. The third kappa shape index (κ3) is 2.67. The van der Waals surface area contributed by atoms with Crippen LogP contribution in [0.4, 0.5) is 4.79 Å². The van der Waals surface area contributed by atoms with Gasteiger partial charge in [-0.1, -0.05) is 13.0 Å². The highest BCUT2D eigenvalue weighted by Gasteiger charge is 2.25. The number of rotatable bonds is 5. The van der Waals surface area contributed by atoms with E-state index in [0.29, 0.717) is 24.7 Å². The second-order valence-electron chi connectivity index (χ2n) is 4.03. The third-order valence-corrected chi connectivity index (χ3v) is 2.70.